The Morgan fingerprint density at radius 3 is 2.44 bits per heavy atom. The lowest BCUT2D eigenvalue weighted by atomic mass is 10.1. The quantitative estimate of drug-likeness (QED) is 0.695. The minimum absolute atomic E-state index is 0.0194. The van der Waals surface area contributed by atoms with Crippen molar-refractivity contribution in [2.45, 2.75) is 33.2 Å². The fourth-order valence-electron chi connectivity index (χ4n) is 2.87. The summed E-state index contributed by atoms with van der Waals surface area (Å²) in [6.45, 7) is 6.51. The van der Waals surface area contributed by atoms with Crippen LogP contribution in [0.1, 0.15) is 31.4 Å². The van der Waals surface area contributed by atoms with E-state index in [-0.39, 0.29) is 5.91 Å². The van der Waals surface area contributed by atoms with E-state index in [9.17, 15) is 4.79 Å². The summed E-state index contributed by atoms with van der Waals surface area (Å²) < 4.78 is 10.5. The van der Waals surface area contributed by atoms with Crippen LogP contribution in [0, 0.1) is 0 Å². The van der Waals surface area contributed by atoms with E-state index in [1.807, 2.05) is 30.5 Å². The summed E-state index contributed by atoms with van der Waals surface area (Å²) in [6.07, 6.45) is 2.94. The van der Waals surface area contributed by atoms with Crippen LogP contribution in [0.2, 0.25) is 0 Å². The molecule has 0 saturated carbocycles. The lowest BCUT2D eigenvalue weighted by molar-refractivity contribution is -0.121. The van der Waals surface area contributed by atoms with Crippen molar-refractivity contribution in [1.29, 1.82) is 0 Å². The minimum Gasteiger partial charge on any atom is -0.493 e. The number of anilines is 1. The first-order valence-corrected chi connectivity index (χ1v) is 9.28. The summed E-state index contributed by atoms with van der Waals surface area (Å²) in [6, 6.07) is 9.66. The van der Waals surface area contributed by atoms with E-state index in [2.05, 4.69) is 35.1 Å². The maximum atomic E-state index is 12.2. The maximum Gasteiger partial charge on any atom is 0.220 e. The highest BCUT2D eigenvalue weighted by atomic mass is 16.5. The third-order valence-electron chi connectivity index (χ3n) is 4.48. The standard InChI is InChI=1S/C21H29N3O3/c1-5-24(6-2)20-14-16(11-12-22-20)8-10-21(25)23-15-17-7-9-18(26-3)19(13-17)27-4/h7,9,11-14H,5-6,8,10,15H2,1-4H3,(H,23,25). The Morgan fingerprint density at radius 1 is 1.04 bits per heavy atom. The smallest absolute Gasteiger partial charge is 0.220 e. The molecule has 27 heavy (non-hydrogen) atoms. The second-order valence-electron chi connectivity index (χ2n) is 6.16. The number of pyridine rings is 1. The number of aromatic nitrogens is 1. The first kappa shape index (κ1) is 20.6. The summed E-state index contributed by atoms with van der Waals surface area (Å²) in [4.78, 5) is 18.8. The molecule has 1 N–H and O–H groups in total. The number of carbonyl (C=O) groups excluding carboxylic acids is 1. The van der Waals surface area contributed by atoms with Gasteiger partial charge in [-0.15, -0.1) is 0 Å². The average molecular weight is 371 g/mol. The lowest BCUT2D eigenvalue weighted by Crippen LogP contribution is -2.24. The molecular weight excluding hydrogens is 342 g/mol. The van der Waals surface area contributed by atoms with E-state index >= 15 is 0 Å². The van der Waals surface area contributed by atoms with Crippen LogP contribution in [0.5, 0.6) is 11.5 Å². The largest absolute Gasteiger partial charge is 0.493 e. The van der Waals surface area contributed by atoms with Crippen LogP contribution in [-0.2, 0) is 17.8 Å². The van der Waals surface area contributed by atoms with Gasteiger partial charge in [-0.1, -0.05) is 6.07 Å². The van der Waals surface area contributed by atoms with Gasteiger partial charge in [0.05, 0.1) is 14.2 Å². The van der Waals surface area contributed by atoms with Crippen LogP contribution in [0.4, 0.5) is 5.82 Å². The molecule has 2 aromatic rings. The van der Waals surface area contributed by atoms with Crippen LogP contribution in [-0.4, -0.2) is 38.2 Å². The van der Waals surface area contributed by atoms with Crippen LogP contribution >= 0.6 is 0 Å². The third-order valence-corrected chi connectivity index (χ3v) is 4.48. The molecule has 0 aliphatic rings. The highest BCUT2D eigenvalue weighted by molar-refractivity contribution is 5.76. The molecule has 1 aromatic carbocycles. The Hall–Kier alpha value is -2.76. The first-order chi connectivity index (χ1) is 13.1. The molecule has 0 fully saturated rings. The highest BCUT2D eigenvalue weighted by Gasteiger charge is 2.08. The summed E-state index contributed by atoms with van der Waals surface area (Å²) in [5.41, 5.74) is 2.09. The molecular formula is C21H29N3O3. The summed E-state index contributed by atoms with van der Waals surface area (Å²) in [7, 11) is 3.20. The van der Waals surface area contributed by atoms with Crippen molar-refractivity contribution >= 4 is 11.7 Å². The van der Waals surface area contributed by atoms with E-state index in [0.29, 0.717) is 30.9 Å². The zero-order valence-corrected chi connectivity index (χ0v) is 16.6. The van der Waals surface area contributed by atoms with Gasteiger partial charge in [-0.2, -0.15) is 0 Å². The number of amides is 1. The molecule has 0 unspecified atom stereocenters. The van der Waals surface area contributed by atoms with Crippen molar-refractivity contribution in [3.63, 3.8) is 0 Å². The first-order valence-electron chi connectivity index (χ1n) is 9.28. The highest BCUT2D eigenvalue weighted by Crippen LogP contribution is 2.27. The molecule has 1 amide bonds. The van der Waals surface area contributed by atoms with Gasteiger partial charge < -0.3 is 19.7 Å². The number of nitrogens with zero attached hydrogens (tertiary/aromatic N) is 2. The van der Waals surface area contributed by atoms with Crippen molar-refractivity contribution in [2.75, 3.05) is 32.2 Å². The van der Waals surface area contributed by atoms with Gasteiger partial charge in [-0.25, -0.2) is 4.98 Å². The van der Waals surface area contributed by atoms with Crippen molar-refractivity contribution < 1.29 is 14.3 Å². The van der Waals surface area contributed by atoms with Crippen LogP contribution in [0.3, 0.4) is 0 Å². The number of hydrogen-bond donors (Lipinski definition) is 1. The van der Waals surface area contributed by atoms with Crippen LogP contribution in [0.25, 0.3) is 0 Å². The molecule has 2 rings (SSSR count). The predicted octanol–water partition coefficient (Wildman–Crippen LogP) is 3.19. The van der Waals surface area contributed by atoms with E-state index in [1.165, 1.54) is 0 Å². The summed E-state index contributed by atoms with van der Waals surface area (Å²) in [5, 5.41) is 2.96. The number of rotatable bonds is 10. The Balaban J connectivity index is 1.87. The van der Waals surface area contributed by atoms with Gasteiger partial charge in [0.25, 0.3) is 0 Å². The third kappa shape index (κ3) is 5.88. The molecule has 6 nitrogen and oxygen atoms in total. The molecule has 1 heterocycles. The van der Waals surface area contributed by atoms with E-state index in [4.69, 9.17) is 9.47 Å². The Morgan fingerprint density at radius 2 is 1.78 bits per heavy atom. The van der Waals surface area contributed by atoms with E-state index < -0.39 is 0 Å². The van der Waals surface area contributed by atoms with Crippen molar-refractivity contribution in [2.24, 2.45) is 0 Å². The zero-order chi connectivity index (χ0) is 19.6. The van der Waals surface area contributed by atoms with Gasteiger partial charge in [0, 0.05) is 32.3 Å². The predicted molar refractivity (Wildman–Crippen MR) is 108 cm³/mol. The monoisotopic (exact) mass is 371 g/mol. The van der Waals surface area contributed by atoms with Crippen molar-refractivity contribution in [3.8, 4) is 11.5 Å². The van der Waals surface area contributed by atoms with Crippen molar-refractivity contribution in [3.05, 3.63) is 47.7 Å². The van der Waals surface area contributed by atoms with Gasteiger partial charge in [0.2, 0.25) is 5.91 Å². The lowest BCUT2D eigenvalue weighted by Gasteiger charge is -2.20. The maximum absolute atomic E-state index is 12.2. The second-order valence-corrected chi connectivity index (χ2v) is 6.16. The molecule has 1 aromatic heterocycles. The Bertz CT molecular complexity index is 745. The Labute approximate surface area is 161 Å². The molecule has 0 atom stereocenters. The number of hydrogen-bond acceptors (Lipinski definition) is 5. The molecule has 0 aliphatic heterocycles. The fourth-order valence-corrected chi connectivity index (χ4v) is 2.87. The molecule has 0 spiro atoms. The number of carbonyl (C=O) groups is 1. The molecule has 0 saturated heterocycles. The van der Waals surface area contributed by atoms with E-state index in [0.717, 1.165) is 30.0 Å². The van der Waals surface area contributed by atoms with Gasteiger partial charge in [-0.05, 0) is 55.7 Å². The molecule has 0 radical (unpaired) electrons. The number of ether oxygens (including phenoxy) is 2. The summed E-state index contributed by atoms with van der Waals surface area (Å²) in [5.74, 6) is 2.31. The number of nitrogens with one attached hydrogen (secondary N) is 1. The second kappa shape index (κ2) is 10.4. The normalized spacial score (nSPS) is 10.4. The van der Waals surface area contributed by atoms with Gasteiger partial charge in [-0.3, -0.25) is 4.79 Å². The average Bonchev–Trinajstić information content (AvgIpc) is 2.71. The number of methoxy groups -OCH3 is 2. The molecule has 0 bridgehead atoms. The van der Waals surface area contributed by atoms with Crippen molar-refractivity contribution in [1.82, 2.24) is 10.3 Å². The zero-order valence-electron chi connectivity index (χ0n) is 16.6. The molecule has 0 aliphatic carbocycles. The fraction of sp³-hybridized carbons (Fsp3) is 0.429. The van der Waals surface area contributed by atoms with Crippen LogP contribution < -0.4 is 19.7 Å². The van der Waals surface area contributed by atoms with Crippen LogP contribution in [0.15, 0.2) is 36.5 Å². The molecule has 6 heteroatoms. The Kier molecular flexibility index (Phi) is 7.92. The van der Waals surface area contributed by atoms with Gasteiger partial charge in [0.1, 0.15) is 5.82 Å². The van der Waals surface area contributed by atoms with Gasteiger partial charge in [0.15, 0.2) is 11.5 Å². The molecule has 146 valence electrons. The summed E-state index contributed by atoms with van der Waals surface area (Å²) >= 11 is 0. The minimum atomic E-state index is 0.0194. The SMILES string of the molecule is CCN(CC)c1cc(CCC(=O)NCc2ccc(OC)c(OC)c2)ccn1. The number of aryl methyl sites for hydroxylation is 1. The van der Waals surface area contributed by atoms with Gasteiger partial charge >= 0.3 is 0 Å². The topological polar surface area (TPSA) is 63.7 Å². The van der Waals surface area contributed by atoms with E-state index in [1.54, 1.807) is 14.2 Å². The number of benzene rings is 1.